The van der Waals surface area contributed by atoms with Crippen LogP contribution in [0.1, 0.15) is 38.8 Å². The molecule has 0 bridgehead atoms. The SMILES string of the molecule is CCNC(C)c1ccc(Br)cc1N(CC)CCCO. The number of anilines is 1. The highest BCUT2D eigenvalue weighted by Gasteiger charge is 2.14. The van der Waals surface area contributed by atoms with Gasteiger partial charge in [0.05, 0.1) is 0 Å². The van der Waals surface area contributed by atoms with Crippen molar-refractivity contribution in [3.05, 3.63) is 28.2 Å². The number of rotatable bonds is 8. The molecule has 0 heterocycles. The lowest BCUT2D eigenvalue weighted by Gasteiger charge is -2.28. The van der Waals surface area contributed by atoms with E-state index in [0.29, 0.717) is 6.04 Å². The van der Waals surface area contributed by atoms with E-state index in [9.17, 15) is 0 Å². The summed E-state index contributed by atoms with van der Waals surface area (Å²) in [5.74, 6) is 0. The molecule has 0 spiro atoms. The van der Waals surface area contributed by atoms with E-state index in [0.717, 1.165) is 30.5 Å². The summed E-state index contributed by atoms with van der Waals surface area (Å²) in [6.45, 7) is 9.49. The number of nitrogens with one attached hydrogen (secondary N) is 1. The largest absolute Gasteiger partial charge is 0.396 e. The van der Waals surface area contributed by atoms with Gasteiger partial charge in [-0.05, 0) is 44.5 Å². The van der Waals surface area contributed by atoms with Crippen molar-refractivity contribution in [1.29, 1.82) is 0 Å². The molecule has 0 radical (unpaired) electrons. The van der Waals surface area contributed by atoms with Gasteiger partial charge in [0.1, 0.15) is 0 Å². The topological polar surface area (TPSA) is 35.5 Å². The summed E-state index contributed by atoms with van der Waals surface area (Å²) in [4.78, 5) is 2.32. The van der Waals surface area contributed by atoms with Gasteiger partial charge in [0.25, 0.3) is 0 Å². The van der Waals surface area contributed by atoms with Crippen molar-refractivity contribution in [2.24, 2.45) is 0 Å². The zero-order valence-corrected chi connectivity index (χ0v) is 13.7. The molecule has 0 aromatic heterocycles. The molecule has 108 valence electrons. The summed E-state index contributed by atoms with van der Waals surface area (Å²) < 4.78 is 1.09. The second-order valence-electron chi connectivity index (χ2n) is 4.64. The summed E-state index contributed by atoms with van der Waals surface area (Å²) in [6, 6.07) is 6.77. The Balaban J connectivity index is 3.03. The van der Waals surface area contributed by atoms with E-state index in [1.54, 1.807) is 0 Å². The zero-order chi connectivity index (χ0) is 14.3. The monoisotopic (exact) mass is 328 g/mol. The minimum absolute atomic E-state index is 0.239. The molecule has 1 aromatic rings. The molecule has 0 amide bonds. The number of nitrogens with zero attached hydrogens (tertiary/aromatic N) is 1. The van der Waals surface area contributed by atoms with Crippen LogP contribution in [0.25, 0.3) is 0 Å². The predicted molar refractivity (Wildman–Crippen MR) is 85.8 cm³/mol. The Bertz CT molecular complexity index is 384. The van der Waals surface area contributed by atoms with Crippen molar-refractivity contribution in [2.75, 3.05) is 31.1 Å². The highest BCUT2D eigenvalue weighted by molar-refractivity contribution is 9.10. The van der Waals surface area contributed by atoms with Gasteiger partial charge in [0.15, 0.2) is 0 Å². The van der Waals surface area contributed by atoms with Gasteiger partial charge in [-0.25, -0.2) is 0 Å². The fraction of sp³-hybridized carbons (Fsp3) is 0.600. The molecule has 0 fully saturated rings. The average Bonchev–Trinajstić information content (AvgIpc) is 2.40. The lowest BCUT2D eigenvalue weighted by atomic mass is 10.0. The van der Waals surface area contributed by atoms with Gasteiger partial charge in [-0.3, -0.25) is 0 Å². The third kappa shape index (κ3) is 4.79. The maximum atomic E-state index is 9.03. The summed E-state index contributed by atoms with van der Waals surface area (Å²) in [5, 5.41) is 12.5. The number of aliphatic hydroxyl groups excluding tert-OH is 1. The standard InChI is InChI=1S/C15H25BrN2O/c1-4-17-12(3)14-8-7-13(16)11-15(14)18(5-2)9-6-10-19/h7-8,11-12,17,19H,4-6,9-10H2,1-3H3. The summed E-state index contributed by atoms with van der Waals surface area (Å²) >= 11 is 3.55. The van der Waals surface area contributed by atoms with Gasteiger partial charge in [0.2, 0.25) is 0 Å². The van der Waals surface area contributed by atoms with E-state index in [4.69, 9.17) is 5.11 Å². The Morgan fingerprint density at radius 1 is 1.37 bits per heavy atom. The Morgan fingerprint density at radius 3 is 2.68 bits per heavy atom. The van der Waals surface area contributed by atoms with Gasteiger partial charge >= 0.3 is 0 Å². The fourth-order valence-corrected chi connectivity index (χ4v) is 2.63. The van der Waals surface area contributed by atoms with Gasteiger partial charge in [-0.15, -0.1) is 0 Å². The third-order valence-electron chi connectivity index (χ3n) is 3.28. The van der Waals surface area contributed by atoms with Crippen molar-refractivity contribution in [1.82, 2.24) is 5.32 Å². The first-order valence-corrected chi connectivity index (χ1v) is 7.81. The van der Waals surface area contributed by atoms with E-state index >= 15 is 0 Å². The third-order valence-corrected chi connectivity index (χ3v) is 3.77. The van der Waals surface area contributed by atoms with Crippen LogP contribution in [0, 0.1) is 0 Å². The minimum atomic E-state index is 0.239. The molecule has 4 heteroatoms. The van der Waals surface area contributed by atoms with E-state index in [1.165, 1.54) is 11.3 Å². The number of benzene rings is 1. The molecule has 1 unspecified atom stereocenters. The molecular weight excluding hydrogens is 304 g/mol. The van der Waals surface area contributed by atoms with Crippen LogP contribution < -0.4 is 10.2 Å². The molecule has 2 N–H and O–H groups in total. The zero-order valence-electron chi connectivity index (χ0n) is 12.1. The molecule has 0 saturated heterocycles. The van der Waals surface area contributed by atoms with Gasteiger partial charge in [0, 0.05) is 35.9 Å². The summed E-state index contributed by atoms with van der Waals surface area (Å²) in [6.07, 6.45) is 0.801. The number of aliphatic hydroxyl groups is 1. The minimum Gasteiger partial charge on any atom is -0.396 e. The van der Waals surface area contributed by atoms with E-state index < -0.39 is 0 Å². The molecule has 1 atom stereocenters. The van der Waals surface area contributed by atoms with Crippen LogP contribution in [0.5, 0.6) is 0 Å². The highest BCUT2D eigenvalue weighted by atomic mass is 79.9. The molecule has 0 saturated carbocycles. The normalized spacial score (nSPS) is 12.5. The van der Waals surface area contributed by atoms with Crippen molar-refractivity contribution < 1.29 is 5.11 Å². The molecule has 3 nitrogen and oxygen atoms in total. The van der Waals surface area contributed by atoms with Gasteiger partial charge in [-0.1, -0.05) is 28.9 Å². The molecule has 0 aliphatic heterocycles. The summed E-state index contributed by atoms with van der Waals surface area (Å²) in [5.41, 5.74) is 2.56. The summed E-state index contributed by atoms with van der Waals surface area (Å²) in [7, 11) is 0. The molecule has 0 aliphatic rings. The quantitative estimate of drug-likeness (QED) is 0.768. The van der Waals surface area contributed by atoms with E-state index in [-0.39, 0.29) is 6.61 Å². The lowest BCUT2D eigenvalue weighted by molar-refractivity contribution is 0.289. The second-order valence-corrected chi connectivity index (χ2v) is 5.56. The van der Waals surface area contributed by atoms with Crippen LogP contribution in [0.3, 0.4) is 0 Å². The number of hydrogen-bond acceptors (Lipinski definition) is 3. The van der Waals surface area contributed by atoms with Crippen LogP contribution in [0.2, 0.25) is 0 Å². The highest BCUT2D eigenvalue weighted by Crippen LogP contribution is 2.29. The Labute approximate surface area is 125 Å². The van der Waals surface area contributed by atoms with Gasteiger partial charge in [-0.2, -0.15) is 0 Å². The second kappa shape index (κ2) is 8.56. The average molecular weight is 329 g/mol. The van der Waals surface area contributed by atoms with Crippen molar-refractivity contribution in [3.63, 3.8) is 0 Å². The first-order chi connectivity index (χ1) is 9.13. The fourth-order valence-electron chi connectivity index (χ4n) is 2.28. The molecule has 0 aliphatic carbocycles. The van der Waals surface area contributed by atoms with Crippen LogP contribution in [0.15, 0.2) is 22.7 Å². The van der Waals surface area contributed by atoms with E-state index in [1.807, 2.05) is 0 Å². The van der Waals surface area contributed by atoms with Crippen LogP contribution in [-0.4, -0.2) is 31.3 Å². The number of hydrogen-bond donors (Lipinski definition) is 2. The van der Waals surface area contributed by atoms with Crippen molar-refractivity contribution in [3.8, 4) is 0 Å². The van der Waals surface area contributed by atoms with Crippen LogP contribution >= 0.6 is 15.9 Å². The molecular formula is C15H25BrN2O. The predicted octanol–water partition coefficient (Wildman–Crippen LogP) is 3.33. The van der Waals surface area contributed by atoms with Crippen LogP contribution in [-0.2, 0) is 0 Å². The Hall–Kier alpha value is -0.580. The molecule has 1 aromatic carbocycles. The number of halogens is 1. The lowest BCUT2D eigenvalue weighted by Crippen LogP contribution is -2.28. The van der Waals surface area contributed by atoms with E-state index in [2.05, 4.69) is 65.1 Å². The Morgan fingerprint density at radius 2 is 2.11 bits per heavy atom. The van der Waals surface area contributed by atoms with Crippen molar-refractivity contribution >= 4 is 21.6 Å². The first-order valence-electron chi connectivity index (χ1n) is 7.02. The molecule has 1 rings (SSSR count). The maximum Gasteiger partial charge on any atom is 0.0447 e. The maximum absolute atomic E-state index is 9.03. The van der Waals surface area contributed by atoms with Crippen LogP contribution in [0.4, 0.5) is 5.69 Å². The van der Waals surface area contributed by atoms with Gasteiger partial charge < -0.3 is 15.3 Å². The Kier molecular flexibility index (Phi) is 7.42. The van der Waals surface area contributed by atoms with Crippen molar-refractivity contribution in [2.45, 2.75) is 33.2 Å². The smallest absolute Gasteiger partial charge is 0.0447 e. The first kappa shape index (κ1) is 16.5. The molecule has 19 heavy (non-hydrogen) atoms.